The van der Waals surface area contributed by atoms with E-state index in [0.717, 1.165) is 8.47 Å². The van der Waals surface area contributed by atoms with Gasteiger partial charge in [0.15, 0.2) is 0 Å². The van der Waals surface area contributed by atoms with Crippen molar-refractivity contribution in [2.24, 2.45) is 0 Å². The Hall–Kier alpha value is -2.31. The van der Waals surface area contributed by atoms with Crippen LogP contribution < -0.4 is 10.2 Å². The molecule has 33 heavy (non-hydrogen) atoms. The Balaban J connectivity index is 2.03. The van der Waals surface area contributed by atoms with Crippen LogP contribution in [0.1, 0.15) is 40.5 Å². The molecule has 1 aliphatic heterocycles. The fourth-order valence-electron chi connectivity index (χ4n) is 3.76. The van der Waals surface area contributed by atoms with Crippen molar-refractivity contribution in [1.29, 1.82) is 0 Å². The predicted molar refractivity (Wildman–Crippen MR) is 134 cm³/mol. The van der Waals surface area contributed by atoms with E-state index in [0.29, 0.717) is 17.8 Å². The van der Waals surface area contributed by atoms with Gasteiger partial charge >= 0.3 is 0 Å². The van der Waals surface area contributed by atoms with Gasteiger partial charge in [0.05, 0.1) is 17.0 Å². The smallest absolute Gasteiger partial charge is 0.252 e. The summed E-state index contributed by atoms with van der Waals surface area (Å²) in [6.45, 7) is 6.67. The number of sulfonamides is 1. The summed E-state index contributed by atoms with van der Waals surface area (Å²) >= 11 is 2.13. The maximum absolute atomic E-state index is 13.8. The minimum atomic E-state index is -4.15. The van der Waals surface area contributed by atoms with Crippen LogP contribution in [0.2, 0.25) is 0 Å². The lowest BCUT2D eigenvalue weighted by atomic mass is 10.00. The molecule has 0 spiro atoms. The molecule has 8 nitrogen and oxygen atoms in total. The summed E-state index contributed by atoms with van der Waals surface area (Å²) in [7, 11) is -4.15. The zero-order valence-corrected chi connectivity index (χ0v) is 21.8. The van der Waals surface area contributed by atoms with Gasteiger partial charge in [-0.05, 0) is 91.4 Å². The SMILES string of the molecule is CCC(C)(C)N(C1CC(=O)N(c2ccc(I)cc2)C1=O)S(=O)(=O)c1ccc(NC(C)=O)cc1. The van der Waals surface area contributed by atoms with Crippen molar-refractivity contribution < 1.29 is 22.8 Å². The van der Waals surface area contributed by atoms with Crippen LogP contribution in [0.25, 0.3) is 0 Å². The summed E-state index contributed by atoms with van der Waals surface area (Å²) < 4.78 is 29.6. The molecule has 0 aliphatic carbocycles. The molecule has 1 unspecified atom stereocenters. The van der Waals surface area contributed by atoms with E-state index in [-0.39, 0.29) is 17.2 Å². The number of hydrogen-bond donors (Lipinski definition) is 1. The molecule has 1 N–H and O–H groups in total. The van der Waals surface area contributed by atoms with Gasteiger partial charge in [0.1, 0.15) is 6.04 Å². The number of anilines is 2. The second kappa shape index (κ2) is 9.51. The van der Waals surface area contributed by atoms with Gasteiger partial charge in [-0.1, -0.05) is 6.92 Å². The zero-order chi connectivity index (χ0) is 24.6. The van der Waals surface area contributed by atoms with Crippen molar-refractivity contribution in [1.82, 2.24) is 4.31 Å². The first kappa shape index (κ1) is 25.3. The highest BCUT2D eigenvalue weighted by molar-refractivity contribution is 14.1. The maximum Gasteiger partial charge on any atom is 0.252 e. The summed E-state index contributed by atoms with van der Waals surface area (Å²) in [5.41, 5.74) is -0.0587. The monoisotopic (exact) mass is 583 g/mol. The van der Waals surface area contributed by atoms with Crippen LogP contribution in [-0.4, -0.2) is 42.0 Å². The van der Waals surface area contributed by atoms with Gasteiger partial charge in [-0.15, -0.1) is 0 Å². The van der Waals surface area contributed by atoms with Gasteiger partial charge in [-0.3, -0.25) is 14.4 Å². The molecule has 0 saturated carbocycles. The Kier molecular flexibility index (Phi) is 7.30. The molecule has 0 bridgehead atoms. The Morgan fingerprint density at radius 2 is 1.70 bits per heavy atom. The minimum absolute atomic E-state index is 0.0221. The van der Waals surface area contributed by atoms with E-state index >= 15 is 0 Å². The lowest BCUT2D eigenvalue weighted by Gasteiger charge is -2.39. The van der Waals surface area contributed by atoms with Gasteiger partial charge in [-0.2, -0.15) is 4.31 Å². The number of imide groups is 1. The topological polar surface area (TPSA) is 104 Å². The molecule has 1 atom stereocenters. The van der Waals surface area contributed by atoms with Crippen molar-refractivity contribution in [3.05, 3.63) is 52.1 Å². The van der Waals surface area contributed by atoms with Crippen molar-refractivity contribution in [3.63, 3.8) is 0 Å². The first-order chi connectivity index (χ1) is 15.4. The summed E-state index contributed by atoms with van der Waals surface area (Å²) in [6, 6.07) is 11.5. The molecule has 3 rings (SSSR count). The van der Waals surface area contributed by atoms with E-state index in [2.05, 4.69) is 27.9 Å². The van der Waals surface area contributed by atoms with Crippen LogP contribution in [-0.2, 0) is 24.4 Å². The number of halogens is 1. The van der Waals surface area contributed by atoms with E-state index in [9.17, 15) is 22.8 Å². The Morgan fingerprint density at radius 1 is 1.12 bits per heavy atom. The third-order valence-corrected chi connectivity index (χ3v) is 8.54. The molecule has 1 heterocycles. The van der Waals surface area contributed by atoms with Crippen molar-refractivity contribution in [3.8, 4) is 0 Å². The molecule has 0 aromatic heterocycles. The molecular formula is C23H26IN3O5S. The Labute approximate surface area is 207 Å². The number of hydrogen-bond acceptors (Lipinski definition) is 5. The first-order valence-electron chi connectivity index (χ1n) is 10.4. The molecule has 1 aliphatic rings. The average molecular weight is 583 g/mol. The number of rotatable bonds is 7. The number of nitrogens with zero attached hydrogens (tertiary/aromatic N) is 2. The standard InChI is InChI=1S/C23H26IN3O5S/c1-5-23(3,4)27(33(31,32)19-12-8-17(9-13-19)25-15(2)28)20-14-21(29)26(22(20)30)18-10-6-16(24)7-11-18/h6-13,20H,5,14H2,1-4H3,(H,25,28). The molecule has 3 amide bonds. The van der Waals surface area contributed by atoms with Crippen molar-refractivity contribution in [2.75, 3.05) is 10.2 Å². The molecular weight excluding hydrogens is 557 g/mol. The molecule has 2 aromatic carbocycles. The molecule has 1 fully saturated rings. The summed E-state index contributed by atoms with van der Waals surface area (Å²) in [5, 5.41) is 2.60. The second-order valence-electron chi connectivity index (χ2n) is 8.44. The van der Waals surface area contributed by atoms with E-state index in [1.165, 1.54) is 35.5 Å². The number of carbonyl (C=O) groups excluding carboxylic acids is 3. The Morgan fingerprint density at radius 3 is 2.21 bits per heavy atom. The molecule has 1 saturated heterocycles. The summed E-state index contributed by atoms with van der Waals surface area (Å²) in [6.07, 6.45) is 0.190. The van der Waals surface area contributed by atoms with E-state index in [1.807, 2.05) is 6.92 Å². The zero-order valence-electron chi connectivity index (χ0n) is 18.8. The van der Waals surface area contributed by atoms with E-state index in [4.69, 9.17) is 0 Å². The second-order valence-corrected chi connectivity index (χ2v) is 11.5. The average Bonchev–Trinajstić information content (AvgIpc) is 3.02. The van der Waals surface area contributed by atoms with Gasteiger partial charge < -0.3 is 5.32 Å². The van der Waals surface area contributed by atoms with Gasteiger partial charge in [0.25, 0.3) is 5.91 Å². The lowest BCUT2D eigenvalue weighted by molar-refractivity contribution is -0.123. The number of amides is 3. The third kappa shape index (κ3) is 5.12. The van der Waals surface area contributed by atoms with Crippen molar-refractivity contribution >= 4 is 61.7 Å². The third-order valence-electron chi connectivity index (χ3n) is 5.68. The van der Waals surface area contributed by atoms with Gasteiger partial charge in [0.2, 0.25) is 21.8 Å². The van der Waals surface area contributed by atoms with Crippen LogP contribution >= 0.6 is 22.6 Å². The van der Waals surface area contributed by atoms with E-state index < -0.39 is 33.4 Å². The number of nitrogens with one attached hydrogen (secondary N) is 1. The predicted octanol–water partition coefficient (Wildman–Crippen LogP) is 3.76. The van der Waals surface area contributed by atoms with Crippen LogP contribution in [0.3, 0.4) is 0 Å². The quantitative estimate of drug-likeness (QED) is 0.395. The lowest BCUT2D eigenvalue weighted by Crippen LogP contribution is -2.55. The molecule has 2 aromatic rings. The maximum atomic E-state index is 13.8. The highest BCUT2D eigenvalue weighted by Crippen LogP contribution is 2.36. The van der Waals surface area contributed by atoms with Crippen molar-refractivity contribution in [2.45, 2.75) is 57.0 Å². The molecule has 10 heteroatoms. The van der Waals surface area contributed by atoms with Gasteiger partial charge in [-0.25, -0.2) is 13.3 Å². The van der Waals surface area contributed by atoms with Crippen LogP contribution in [0.15, 0.2) is 53.4 Å². The summed E-state index contributed by atoms with van der Waals surface area (Å²) in [5.74, 6) is -1.29. The fourth-order valence-corrected chi connectivity index (χ4v) is 6.10. The minimum Gasteiger partial charge on any atom is -0.326 e. The number of benzene rings is 2. The van der Waals surface area contributed by atoms with E-state index in [1.54, 1.807) is 38.1 Å². The first-order valence-corrected chi connectivity index (χ1v) is 12.9. The highest BCUT2D eigenvalue weighted by atomic mass is 127. The number of carbonyl (C=O) groups is 3. The van der Waals surface area contributed by atoms with Crippen LogP contribution in [0.4, 0.5) is 11.4 Å². The largest absolute Gasteiger partial charge is 0.326 e. The fraction of sp³-hybridized carbons (Fsp3) is 0.348. The normalized spacial score (nSPS) is 17.0. The van der Waals surface area contributed by atoms with Crippen LogP contribution in [0.5, 0.6) is 0 Å². The van der Waals surface area contributed by atoms with Gasteiger partial charge in [0, 0.05) is 21.7 Å². The highest BCUT2D eigenvalue weighted by Gasteiger charge is 2.51. The Bertz CT molecular complexity index is 1180. The molecule has 0 radical (unpaired) electrons. The molecule has 176 valence electrons. The summed E-state index contributed by atoms with van der Waals surface area (Å²) in [4.78, 5) is 38.6. The van der Waals surface area contributed by atoms with Crippen LogP contribution in [0, 0.1) is 3.57 Å².